The number of aryl methyl sites for hydroxylation is 1. The Hall–Kier alpha value is -1.71. The van der Waals surface area contributed by atoms with Gasteiger partial charge in [0.05, 0.1) is 11.2 Å². The van der Waals surface area contributed by atoms with Crippen LogP contribution in [0.1, 0.15) is 5.69 Å². The number of aromatic nitrogens is 2. The number of nitrogens with two attached hydrogens (primary N) is 1. The van der Waals surface area contributed by atoms with Crippen LogP contribution in [0.3, 0.4) is 0 Å². The van der Waals surface area contributed by atoms with E-state index in [9.17, 15) is 0 Å². The van der Waals surface area contributed by atoms with Crippen molar-refractivity contribution in [2.75, 3.05) is 24.7 Å². The summed E-state index contributed by atoms with van der Waals surface area (Å²) < 4.78 is 1.95. The first-order valence-electron chi connectivity index (χ1n) is 4.52. The maximum Gasteiger partial charge on any atom is 0.206 e. The SMILES string of the molecule is Cc1nc(N)n2c(N(C)C)cccc12. The summed E-state index contributed by atoms with van der Waals surface area (Å²) in [5.41, 5.74) is 7.87. The van der Waals surface area contributed by atoms with Crippen LogP contribution < -0.4 is 10.6 Å². The minimum absolute atomic E-state index is 0.543. The van der Waals surface area contributed by atoms with E-state index in [2.05, 4.69) is 4.98 Å². The number of anilines is 2. The monoisotopic (exact) mass is 190 g/mol. The van der Waals surface area contributed by atoms with Gasteiger partial charge < -0.3 is 10.6 Å². The van der Waals surface area contributed by atoms with Gasteiger partial charge in [-0.15, -0.1) is 0 Å². The van der Waals surface area contributed by atoms with Crippen LogP contribution in [0.15, 0.2) is 18.2 Å². The molecule has 0 bridgehead atoms. The molecule has 2 heterocycles. The fourth-order valence-corrected chi connectivity index (χ4v) is 1.65. The zero-order valence-corrected chi connectivity index (χ0v) is 8.65. The molecule has 0 radical (unpaired) electrons. The Kier molecular flexibility index (Phi) is 1.84. The average Bonchev–Trinajstić information content (AvgIpc) is 2.43. The van der Waals surface area contributed by atoms with Gasteiger partial charge in [-0.3, -0.25) is 4.40 Å². The van der Waals surface area contributed by atoms with E-state index < -0.39 is 0 Å². The second-order valence-electron chi connectivity index (χ2n) is 3.55. The number of nitrogen functional groups attached to an aromatic ring is 1. The van der Waals surface area contributed by atoms with E-state index in [1.54, 1.807) is 0 Å². The Morgan fingerprint density at radius 2 is 2.07 bits per heavy atom. The van der Waals surface area contributed by atoms with E-state index in [1.165, 1.54) is 0 Å². The summed E-state index contributed by atoms with van der Waals surface area (Å²) in [6, 6.07) is 6.05. The van der Waals surface area contributed by atoms with E-state index in [1.807, 2.05) is 48.5 Å². The number of pyridine rings is 1. The van der Waals surface area contributed by atoms with Crippen molar-refractivity contribution in [1.29, 1.82) is 0 Å². The summed E-state index contributed by atoms with van der Waals surface area (Å²) in [4.78, 5) is 6.27. The summed E-state index contributed by atoms with van der Waals surface area (Å²) in [7, 11) is 3.98. The highest BCUT2D eigenvalue weighted by Gasteiger charge is 2.08. The number of rotatable bonds is 1. The summed E-state index contributed by atoms with van der Waals surface area (Å²) in [5, 5.41) is 0. The van der Waals surface area contributed by atoms with Crippen LogP contribution in [-0.4, -0.2) is 23.5 Å². The number of hydrogen-bond donors (Lipinski definition) is 1. The molecular formula is C10H14N4. The molecule has 0 aliphatic rings. The molecule has 0 atom stereocenters. The number of imidazole rings is 1. The van der Waals surface area contributed by atoms with E-state index in [-0.39, 0.29) is 0 Å². The van der Waals surface area contributed by atoms with E-state index in [0.717, 1.165) is 17.0 Å². The molecule has 2 N–H and O–H groups in total. The summed E-state index contributed by atoms with van der Waals surface area (Å²) >= 11 is 0. The first-order chi connectivity index (χ1) is 6.61. The molecule has 2 rings (SSSR count). The Morgan fingerprint density at radius 1 is 1.36 bits per heavy atom. The van der Waals surface area contributed by atoms with Crippen molar-refractivity contribution in [2.45, 2.75) is 6.92 Å². The van der Waals surface area contributed by atoms with Gasteiger partial charge in [-0.1, -0.05) is 6.07 Å². The van der Waals surface area contributed by atoms with Crippen molar-refractivity contribution in [3.05, 3.63) is 23.9 Å². The number of fused-ring (bicyclic) bond motifs is 1. The van der Waals surface area contributed by atoms with Gasteiger partial charge in [0.1, 0.15) is 5.82 Å². The van der Waals surface area contributed by atoms with Gasteiger partial charge >= 0.3 is 0 Å². The Balaban J connectivity index is 2.85. The second kappa shape index (κ2) is 2.90. The van der Waals surface area contributed by atoms with Crippen molar-refractivity contribution >= 4 is 17.3 Å². The third-order valence-corrected chi connectivity index (χ3v) is 2.31. The minimum atomic E-state index is 0.543. The van der Waals surface area contributed by atoms with Crippen LogP contribution in [0, 0.1) is 6.92 Å². The molecule has 2 aromatic rings. The zero-order valence-electron chi connectivity index (χ0n) is 8.65. The number of hydrogen-bond acceptors (Lipinski definition) is 3. The molecule has 0 saturated heterocycles. The average molecular weight is 190 g/mol. The Bertz CT molecular complexity index is 470. The standard InChI is InChI=1S/C10H14N4/c1-7-8-5-4-6-9(13(2)3)14(8)10(11)12-7/h4-6H,1-3H3,(H2,11,12). The molecular weight excluding hydrogens is 176 g/mol. The molecule has 0 unspecified atom stereocenters. The van der Waals surface area contributed by atoms with Crippen LogP contribution in [0.25, 0.3) is 5.52 Å². The van der Waals surface area contributed by atoms with Gasteiger partial charge in [0.2, 0.25) is 5.95 Å². The maximum absolute atomic E-state index is 5.84. The van der Waals surface area contributed by atoms with Gasteiger partial charge in [0.25, 0.3) is 0 Å². The minimum Gasteiger partial charge on any atom is -0.369 e. The molecule has 4 nitrogen and oxygen atoms in total. The molecule has 0 saturated carbocycles. The van der Waals surface area contributed by atoms with E-state index >= 15 is 0 Å². The van der Waals surface area contributed by atoms with Crippen LogP contribution in [0.2, 0.25) is 0 Å². The van der Waals surface area contributed by atoms with E-state index in [0.29, 0.717) is 5.95 Å². The lowest BCUT2D eigenvalue weighted by atomic mass is 10.3. The molecule has 74 valence electrons. The normalized spacial score (nSPS) is 10.8. The molecule has 0 fully saturated rings. The largest absolute Gasteiger partial charge is 0.369 e. The molecule has 2 aromatic heterocycles. The van der Waals surface area contributed by atoms with Gasteiger partial charge in [0, 0.05) is 14.1 Å². The van der Waals surface area contributed by atoms with Crippen molar-refractivity contribution < 1.29 is 0 Å². The fourth-order valence-electron chi connectivity index (χ4n) is 1.65. The second-order valence-corrected chi connectivity index (χ2v) is 3.55. The topological polar surface area (TPSA) is 46.6 Å². The highest BCUT2D eigenvalue weighted by atomic mass is 15.2. The summed E-state index contributed by atoms with van der Waals surface area (Å²) in [5.74, 6) is 1.59. The first-order valence-corrected chi connectivity index (χ1v) is 4.52. The smallest absolute Gasteiger partial charge is 0.206 e. The quantitative estimate of drug-likeness (QED) is 0.737. The van der Waals surface area contributed by atoms with Crippen LogP contribution >= 0.6 is 0 Å². The molecule has 4 heteroatoms. The van der Waals surface area contributed by atoms with Gasteiger partial charge in [-0.2, -0.15) is 0 Å². The van der Waals surface area contributed by atoms with Crippen LogP contribution in [0.4, 0.5) is 11.8 Å². The molecule has 14 heavy (non-hydrogen) atoms. The Labute approximate surface area is 83.0 Å². The third-order valence-electron chi connectivity index (χ3n) is 2.31. The highest BCUT2D eigenvalue weighted by Crippen LogP contribution is 2.21. The Morgan fingerprint density at radius 3 is 2.71 bits per heavy atom. The molecule has 0 amide bonds. The summed E-state index contributed by atoms with van der Waals surface area (Å²) in [6.45, 7) is 1.96. The maximum atomic E-state index is 5.84. The number of nitrogens with zero attached hydrogens (tertiary/aromatic N) is 3. The lowest BCUT2D eigenvalue weighted by Crippen LogP contribution is -2.13. The third kappa shape index (κ3) is 1.11. The predicted molar refractivity (Wildman–Crippen MR) is 58.7 cm³/mol. The first kappa shape index (κ1) is 8.87. The predicted octanol–water partition coefficient (Wildman–Crippen LogP) is 1.29. The lowest BCUT2D eigenvalue weighted by molar-refractivity contribution is 1.03. The van der Waals surface area contributed by atoms with Gasteiger partial charge in [0.15, 0.2) is 0 Å². The van der Waals surface area contributed by atoms with Crippen LogP contribution in [0.5, 0.6) is 0 Å². The van der Waals surface area contributed by atoms with Crippen molar-refractivity contribution in [3.8, 4) is 0 Å². The van der Waals surface area contributed by atoms with Gasteiger partial charge in [-0.25, -0.2) is 4.98 Å². The molecule has 0 aliphatic heterocycles. The van der Waals surface area contributed by atoms with Crippen molar-refractivity contribution in [1.82, 2.24) is 9.38 Å². The molecule has 0 aliphatic carbocycles. The van der Waals surface area contributed by atoms with Crippen molar-refractivity contribution in [3.63, 3.8) is 0 Å². The highest BCUT2D eigenvalue weighted by molar-refractivity contribution is 5.63. The lowest BCUT2D eigenvalue weighted by Gasteiger charge is -2.15. The molecule has 0 spiro atoms. The zero-order chi connectivity index (χ0) is 10.3. The van der Waals surface area contributed by atoms with Gasteiger partial charge in [-0.05, 0) is 19.1 Å². The van der Waals surface area contributed by atoms with Crippen LogP contribution in [-0.2, 0) is 0 Å². The van der Waals surface area contributed by atoms with E-state index in [4.69, 9.17) is 5.73 Å². The fraction of sp³-hybridized carbons (Fsp3) is 0.300. The summed E-state index contributed by atoms with van der Waals surface area (Å²) in [6.07, 6.45) is 0. The van der Waals surface area contributed by atoms with Crippen molar-refractivity contribution in [2.24, 2.45) is 0 Å². The molecule has 0 aromatic carbocycles.